The molecule has 5 heteroatoms. The molecule has 3 rings (SSSR count). The molecule has 5 nitrogen and oxygen atoms in total. The number of hydrogen-bond donors (Lipinski definition) is 2. The third-order valence-electron chi connectivity index (χ3n) is 6.09. The second-order valence-corrected chi connectivity index (χ2v) is 8.01. The van der Waals surface area contributed by atoms with Crippen LogP contribution in [0.5, 0.6) is 0 Å². The molecule has 2 saturated heterocycles. The van der Waals surface area contributed by atoms with Crippen LogP contribution in [0, 0.1) is 5.92 Å². The van der Waals surface area contributed by atoms with Gasteiger partial charge in [0, 0.05) is 32.3 Å². The maximum absolute atomic E-state index is 12.6. The van der Waals surface area contributed by atoms with E-state index in [4.69, 9.17) is 5.11 Å². The molecule has 150 valence electrons. The summed E-state index contributed by atoms with van der Waals surface area (Å²) >= 11 is 0. The van der Waals surface area contributed by atoms with Crippen molar-refractivity contribution in [1.29, 1.82) is 0 Å². The number of aliphatic hydroxyl groups excluding tert-OH is 1. The van der Waals surface area contributed by atoms with E-state index in [2.05, 4.69) is 27.2 Å². The number of piperidine rings is 2. The van der Waals surface area contributed by atoms with Crippen LogP contribution in [0.15, 0.2) is 30.3 Å². The van der Waals surface area contributed by atoms with E-state index in [0.717, 1.165) is 65.0 Å². The molecule has 2 N–H and O–H groups in total. The summed E-state index contributed by atoms with van der Waals surface area (Å²) < 4.78 is 0. The average molecular weight is 374 g/mol. The van der Waals surface area contributed by atoms with Crippen LogP contribution in [0.3, 0.4) is 0 Å². The van der Waals surface area contributed by atoms with E-state index in [9.17, 15) is 4.79 Å². The normalized spacial score (nSPS) is 22.6. The Hall–Kier alpha value is -1.43. The van der Waals surface area contributed by atoms with E-state index >= 15 is 0 Å². The summed E-state index contributed by atoms with van der Waals surface area (Å²) in [5, 5.41) is 12.1. The third-order valence-corrected chi connectivity index (χ3v) is 6.09. The van der Waals surface area contributed by atoms with Crippen LogP contribution in [0.25, 0.3) is 0 Å². The van der Waals surface area contributed by atoms with Gasteiger partial charge in [-0.15, -0.1) is 0 Å². The van der Waals surface area contributed by atoms with Crippen molar-refractivity contribution in [1.82, 2.24) is 15.1 Å². The van der Waals surface area contributed by atoms with E-state index < -0.39 is 0 Å². The molecule has 2 heterocycles. The van der Waals surface area contributed by atoms with Gasteiger partial charge in [0.2, 0.25) is 5.91 Å². The van der Waals surface area contributed by atoms with Crippen molar-refractivity contribution in [3.63, 3.8) is 0 Å². The van der Waals surface area contributed by atoms with Crippen molar-refractivity contribution in [2.75, 3.05) is 45.9 Å². The van der Waals surface area contributed by atoms with Crippen molar-refractivity contribution in [2.45, 2.75) is 44.6 Å². The Morgan fingerprint density at radius 1 is 1.11 bits per heavy atom. The van der Waals surface area contributed by atoms with E-state index in [1.54, 1.807) is 0 Å². The summed E-state index contributed by atoms with van der Waals surface area (Å²) in [6.45, 7) is 6.31. The largest absolute Gasteiger partial charge is 0.396 e. The molecule has 1 amide bonds. The molecule has 27 heavy (non-hydrogen) atoms. The first-order valence-electron chi connectivity index (χ1n) is 10.6. The third kappa shape index (κ3) is 6.30. The van der Waals surface area contributed by atoms with Crippen molar-refractivity contribution in [2.24, 2.45) is 5.92 Å². The lowest BCUT2D eigenvalue weighted by atomic mass is 9.93. The van der Waals surface area contributed by atoms with Gasteiger partial charge in [-0.2, -0.15) is 0 Å². The van der Waals surface area contributed by atoms with Gasteiger partial charge < -0.3 is 15.3 Å². The zero-order valence-electron chi connectivity index (χ0n) is 16.5. The fourth-order valence-corrected chi connectivity index (χ4v) is 4.47. The molecule has 0 aromatic heterocycles. The highest BCUT2D eigenvalue weighted by Gasteiger charge is 2.31. The molecule has 1 aromatic rings. The average Bonchev–Trinajstić information content (AvgIpc) is 2.73. The van der Waals surface area contributed by atoms with Gasteiger partial charge in [-0.3, -0.25) is 9.69 Å². The van der Waals surface area contributed by atoms with Gasteiger partial charge >= 0.3 is 0 Å². The zero-order valence-corrected chi connectivity index (χ0v) is 16.5. The van der Waals surface area contributed by atoms with Gasteiger partial charge in [0.1, 0.15) is 0 Å². The first kappa shape index (κ1) is 20.3. The molecular weight excluding hydrogens is 338 g/mol. The quantitative estimate of drug-likeness (QED) is 0.731. The molecule has 0 saturated carbocycles. The minimum Gasteiger partial charge on any atom is -0.396 e. The Kier molecular flexibility index (Phi) is 8.11. The lowest BCUT2D eigenvalue weighted by molar-refractivity contribution is -0.127. The number of likely N-dealkylation sites (tertiary alicyclic amines) is 2. The van der Waals surface area contributed by atoms with Crippen molar-refractivity contribution in [3.8, 4) is 0 Å². The van der Waals surface area contributed by atoms with Crippen molar-refractivity contribution < 1.29 is 9.90 Å². The monoisotopic (exact) mass is 373 g/mol. The number of rotatable bonds is 8. The Bertz CT molecular complexity index is 558. The van der Waals surface area contributed by atoms with E-state index in [0.29, 0.717) is 6.04 Å². The summed E-state index contributed by atoms with van der Waals surface area (Å²) in [5.41, 5.74) is 1.27. The van der Waals surface area contributed by atoms with Crippen LogP contribution in [0.4, 0.5) is 0 Å². The van der Waals surface area contributed by atoms with E-state index in [-0.39, 0.29) is 18.4 Å². The van der Waals surface area contributed by atoms with Crippen LogP contribution < -0.4 is 5.32 Å². The Balaban J connectivity index is 1.39. The van der Waals surface area contributed by atoms with Gasteiger partial charge in [-0.1, -0.05) is 30.3 Å². The molecule has 2 aliphatic rings. The number of aliphatic hydroxyl groups is 1. The molecule has 2 fully saturated rings. The fourth-order valence-electron chi connectivity index (χ4n) is 4.47. The lowest BCUT2D eigenvalue weighted by Crippen LogP contribution is -2.51. The summed E-state index contributed by atoms with van der Waals surface area (Å²) in [6, 6.07) is 11.0. The first-order valence-corrected chi connectivity index (χ1v) is 10.6. The van der Waals surface area contributed by atoms with Crippen molar-refractivity contribution in [3.05, 3.63) is 35.9 Å². The van der Waals surface area contributed by atoms with Gasteiger partial charge in [0.05, 0.1) is 5.92 Å². The molecule has 0 radical (unpaired) electrons. The topological polar surface area (TPSA) is 55.8 Å². The zero-order chi connectivity index (χ0) is 18.9. The summed E-state index contributed by atoms with van der Waals surface area (Å²) in [4.78, 5) is 17.6. The van der Waals surface area contributed by atoms with Gasteiger partial charge in [-0.25, -0.2) is 0 Å². The van der Waals surface area contributed by atoms with Gasteiger partial charge in [0.15, 0.2) is 0 Å². The Labute approximate surface area is 163 Å². The summed E-state index contributed by atoms with van der Waals surface area (Å²) in [7, 11) is 0. The smallest absolute Gasteiger partial charge is 0.224 e. The number of nitrogens with one attached hydrogen (secondary N) is 1. The number of benzene rings is 1. The maximum Gasteiger partial charge on any atom is 0.224 e. The molecule has 0 bridgehead atoms. The molecule has 1 atom stereocenters. The second-order valence-electron chi connectivity index (χ2n) is 8.01. The minimum atomic E-state index is 0.141. The number of hydrogen-bond acceptors (Lipinski definition) is 4. The molecule has 0 unspecified atom stereocenters. The standard InChI is InChI=1S/C22H35N3O2/c26-17-5-13-24-15-10-21(11-16-24)25-14-4-8-20(18-25)22(27)23-12-9-19-6-2-1-3-7-19/h1-3,6-7,20-21,26H,4-5,8-18H2,(H,23,27)/t20-/m1/s1. The highest BCUT2D eigenvalue weighted by Crippen LogP contribution is 2.24. The van der Waals surface area contributed by atoms with E-state index in [1.165, 1.54) is 18.4 Å². The lowest BCUT2D eigenvalue weighted by Gasteiger charge is -2.42. The number of nitrogens with zero attached hydrogens (tertiary/aromatic N) is 2. The van der Waals surface area contributed by atoms with Crippen LogP contribution in [-0.4, -0.2) is 72.7 Å². The molecule has 0 aliphatic carbocycles. The highest BCUT2D eigenvalue weighted by molar-refractivity contribution is 5.79. The van der Waals surface area contributed by atoms with Gasteiger partial charge in [-0.05, 0) is 63.7 Å². The van der Waals surface area contributed by atoms with Crippen LogP contribution in [0.2, 0.25) is 0 Å². The van der Waals surface area contributed by atoms with Crippen LogP contribution >= 0.6 is 0 Å². The maximum atomic E-state index is 12.6. The fraction of sp³-hybridized carbons (Fsp3) is 0.682. The van der Waals surface area contributed by atoms with Gasteiger partial charge in [0.25, 0.3) is 0 Å². The first-order chi connectivity index (χ1) is 13.3. The summed E-state index contributed by atoms with van der Waals surface area (Å²) in [6.07, 6.45) is 6.29. The number of amides is 1. The highest BCUT2D eigenvalue weighted by atomic mass is 16.3. The summed E-state index contributed by atoms with van der Waals surface area (Å²) in [5.74, 6) is 0.373. The molecule has 2 aliphatic heterocycles. The van der Waals surface area contributed by atoms with Crippen molar-refractivity contribution >= 4 is 5.91 Å². The molecule has 1 aromatic carbocycles. The predicted octanol–water partition coefficient (Wildman–Crippen LogP) is 1.90. The van der Waals surface area contributed by atoms with Crippen LogP contribution in [0.1, 0.15) is 37.7 Å². The SMILES string of the molecule is O=C(NCCc1ccccc1)[C@@H]1CCCN(C2CCN(CCCO)CC2)C1. The minimum absolute atomic E-state index is 0.141. The Morgan fingerprint density at radius 3 is 2.63 bits per heavy atom. The predicted molar refractivity (Wildman–Crippen MR) is 109 cm³/mol. The Morgan fingerprint density at radius 2 is 1.89 bits per heavy atom. The molecular formula is C22H35N3O2. The number of carbonyl (C=O) groups is 1. The second kappa shape index (κ2) is 10.8. The van der Waals surface area contributed by atoms with E-state index in [1.807, 2.05) is 18.2 Å². The van der Waals surface area contributed by atoms with Crippen LogP contribution in [-0.2, 0) is 11.2 Å². The molecule has 0 spiro atoms. The number of carbonyl (C=O) groups excluding carboxylic acids is 1.